The zero-order valence-electron chi connectivity index (χ0n) is 17.8. The van der Waals surface area contributed by atoms with E-state index >= 15 is 0 Å². The van der Waals surface area contributed by atoms with Gasteiger partial charge in [0.25, 0.3) is 0 Å². The molecule has 3 aliphatic carbocycles. The average molecular weight is 414 g/mol. The normalized spacial score (nSPS) is 25.7. The number of aliphatic hydroxyl groups is 1. The summed E-state index contributed by atoms with van der Waals surface area (Å²) in [5, 5.41) is 15.8. The fourth-order valence-corrected chi connectivity index (χ4v) is 5.00. The molecule has 0 radical (unpaired) electrons. The first-order chi connectivity index (χ1) is 15.1. The summed E-state index contributed by atoms with van der Waals surface area (Å²) < 4.78 is 1.83. The Labute approximate surface area is 182 Å². The van der Waals surface area contributed by atoms with Crippen molar-refractivity contribution < 1.29 is 5.11 Å². The van der Waals surface area contributed by atoms with E-state index in [-0.39, 0.29) is 11.5 Å². The molecular weight excluding hydrogens is 386 g/mol. The predicted octanol–water partition coefficient (Wildman–Crippen LogP) is 3.59. The highest BCUT2D eigenvalue weighted by Gasteiger charge is 2.62. The second-order valence-corrected chi connectivity index (χ2v) is 9.62. The molecule has 1 saturated heterocycles. The highest BCUT2D eigenvalue weighted by molar-refractivity contribution is 5.79. The van der Waals surface area contributed by atoms with Crippen LogP contribution in [0.1, 0.15) is 39.0 Å². The van der Waals surface area contributed by atoms with E-state index in [0.29, 0.717) is 6.54 Å². The summed E-state index contributed by atoms with van der Waals surface area (Å²) >= 11 is 0. The lowest BCUT2D eigenvalue weighted by molar-refractivity contribution is 0.136. The van der Waals surface area contributed by atoms with Crippen molar-refractivity contribution >= 4 is 16.7 Å². The lowest BCUT2D eigenvalue weighted by Gasteiger charge is -2.17. The van der Waals surface area contributed by atoms with Crippen LogP contribution in [0.5, 0.6) is 0 Å². The molecule has 1 N–H and O–H groups in total. The number of benzene rings is 1. The van der Waals surface area contributed by atoms with Gasteiger partial charge < -0.3 is 10.0 Å². The Balaban J connectivity index is 0.000000194. The Morgan fingerprint density at radius 3 is 2.55 bits per heavy atom. The van der Waals surface area contributed by atoms with E-state index < -0.39 is 0 Å². The van der Waals surface area contributed by atoms with Gasteiger partial charge in [-0.15, -0.1) is 5.92 Å². The molecule has 2 spiro atoms. The number of rotatable bonds is 2. The summed E-state index contributed by atoms with van der Waals surface area (Å²) in [5.41, 5.74) is 1.93. The van der Waals surface area contributed by atoms with Crippen molar-refractivity contribution in [2.45, 2.75) is 45.1 Å². The maximum absolute atomic E-state index is 10.2. The molecule has 31 heavy (non-hydrogen) atoms. The van der Waals surface area contributed by atoms with Gasteiger partial charge in [0.1, 0.15) is 12.1 Å². The molecule has 3 saturated carbocycles. The Morgan fingerprint density at radius 1 is 1.06 bits per heavy atom. The van der Waals surface area contributed by atoms with Crippen LogP contribution in [0.4, 0.5) is 5.82 Å². The average Bonchev–Trinajstić information content (AvgIpc) is 3.74. The number of aromatic nitrogens is 4. The molecule has 0 bridgehead atoms. The molecule has 158 valence electrons. The van der Waals surface area contributed by atoms with Gasteiger partial charge in [-0.05, 0) is 50.5 Å². The molecule has 6 heteroatoms. The van der Waals surface area contributed by atoms with Crippen LogP contribution in [-0.2, 0) is 0 Å². The third-order valence-corrected chi connectivity index (χ3v) is 7.56. The van der Waals surface area contributed by atoms with Crippen LogP contribution in [0.15, 0.2) is 42.9 Å². The Morgan fingerprint density at radius 2 is 1.84 bits per heavy atom. The van der Waals surface area contributed by atoms with Gasteiger partial charge in [-0.2, -0.15) is 5.10 Å². The van der Waals surface area contributed by atoms with Crippen LogP contribution in [0.3, 0.4) is 0 Å². The van der Waals surface area contributed by atoms with Crippen molar-refractivity contribution in [2.75, 3.05) is 18.0 Å². The van der Waals surface area contributed by atoms with Gasteiger partial charge in [0.15, 0.2) is 5.82 Å². The Kier molecular flexibility index (Phi) is 4.13. The smallest absolute Gasteiger partial charge is 0.159 e. The number of hydrogen-bond donors (Lipinski definition) is 1. The van der Waals surface area contributed by atoms with Crippen LogP contribution in [0, 0.1) is 28.6 Å². The van der Waals surface area contributed by atoms with Crippen molar-refractivity contribution in [3.63, 3.8) is 0 Å². The number of fused-ring (bicyclic) bond motifs is 1. The Bertz CT molecular complexity index is 1200. The summed E-state index contributed by atoms with van der Waals surface area (Å²) in [4.78, 5) is 10.9. The molecule has 2 aromatic heterocycles. The lowest BCUT2D eigenvalue weighted by atomic mass is 10.0. The summed E-state index contributed by atoms with van der Waals surface area (Å²) in [6.07, 6.45) is 9.75. The minimum absolute atomic E-state index is 0.115. The van der Waals surface area contributed by atoms with E-state index in [2.05, 4.69) is 31.8 Å². The van der Waals surface area contributed by atoms with Gasteiger partial charge in [-0.3, -0.25) is 0 Å². The van der Waals surface area contributed by atoms with Crippen LogP contribution in [-0.4, -0.2) is 44.0 Å². The molecule has 2 unspecified atom stereocenters. The zero-order chi connectivity index (χ0) is 21.1. The number of hydrogen-bond acceptors (Lipinski definition) is 5. The molecule has 1 aliphatic heterocycles. The first-order valence-electron chi connectivity index (χ1n) is 11.2. The van der Waals surface area contributed by atoms with Crippen molar-refractivity contribution in [1.29, 1.82) is 0 Å². The fraction of sp³-hybridized carbons (Fsp3) is 0.480. The van der Waals surface area contributed by atoms with Crippen LogP contribution in [0.25, 0.3) is 16.7 Å². The first kappa shape index (κ1) is 18.8. The van der Waals surface area contributed by atoms with Gasteiger partial charge in [-0.25, -0.2) is 14.6 Å². The van der Waals surface area contributed by atoms with E-state index in [0.717, 1.165) is 53.3 Å². The topological polar surface area (TPSA) is 67.1 Å². The molecule has 2 atom stereocenters. The fourth-order valence-electron chi connectivity index (χ4n) is 5.00. The van der Waals surface area contributed by atoms with Crippen LogP contribution in [0.2, 0.25) is 0 Å². The van der Waals surface area contributed by atoms with Gasteiger partial charge in [0.05, 0.1) is 17.8 Å². The van der Waals surface area contributed by atoms with Gasteiger partial charge in [0, 0.05) is 35.9 Å². The second kappa shape index (κ2) is 6.80. The standard InChI is InChI=1S/C17H17N5O.C8H10/c23-14-9-21(10-17(14)5-6-17)15-7-16(19-11-18-15)22-13-4-2-1-3-12(13)8-20-22;1-2-3-7-6-8(7)4-5-8/h1-4,7-8,11,14,23H,5-6,9-10H2;7H,4-6H2,1H3. The minimum Gasteiger partial charge on any atom is -0.391 e. The van der Waals surface area contributed by atoms with E-state index in [4.69, 9.17) is 0 Å². The molecule has 3 aromatic rings. The molecule has 6 nitrogen and oxygen atoms in total. The molecular formula is C25H27N5O. The maximum Gasteiger partial charge on any atom is 0.159 e. The summed E-state index contributed by atoms with van der Waals surface area (Å²) in [6, 6.07) is 10.0. The molecule has 7 rings (SSSR count). The van der Waals surface area contributed by atoms with E-state index in [9.17, 15) is 5.11 Å². The monoisotopic (exact) mass is 413 g/mol. The van der Waals surface area contributed by atoms with E-state index in [1.807, 2.05) is 48.1 Å². The molecule has 1 aromatic carbocycles. The largest absolute Gasteiger partial charge is 0.391 e. The predicted molar refractivity (Wildman–Crippen MR) is 120 cm³/mol. The molecule has 0 amide bonds. The van der Waals surface area contributed by atoms with Crippen molar-refractivity contribution in [2.24, 2.45) is 16.7 Å². The number of nitrogens with zero attached hydrogens (tertiary/aromatic N) is 5. The molecule has 4 aliphatic rings. The first-order valence-corrected chi connectivity index (χ1v) is 11.2. The Hall–Kier alpha value is -2.91. The SMILES string of the molecule is CC#CC1CC12CC2.OC1CN(c2cc(-n3ncc4ccccc43)ncn2)CC12CC2. The lowest BCUT2D eigenvalue weighted by Crippen LogP contribution is -2.22. The van der Waals surface area contributed by atoms with E-state index in [1.54, 1.807) is 6.33 Å². The summed E-state index contributed by atoms with van der Waals surface area (Å²) in [5.74, 6) is 8.62. The number of β-amino-alcohol motifs (C(OH)–C–C–N with tert-alkyl or cyclic N) is 1. The number of para-hydroxylation sites is 1. The van der Waals surface area contributed by atoms with Crippen molar-refractivity contribution in [3.8, 4) is 17.7 Å². The van der Waals surface area contributed by atoms with Gasteiger partial charge in [-0.1, -0.05) is 24.1 Å². The van der Waals surface area contributed by atoms with Crippen LogP contribution < -0.4 is 4.90 Å². The number of aliphatic hydroxyl groups excluding tert-OH is 1. The van der Waals surface area contributed by atoms with Crippen molar-refractivity contribution in [1.82, 2.24) is 19.7 Å². The maximum atomic E-state index is 10.2. The summed E-state index contributed by atoms with van der Waals surface area (Å²) in [6.45, 7) is 3.47. The highest BCUT2D eigenvalue weighted by atomic mass is 16.3. The van der Waals surface area contributed by atoms with Gasteiger partial charge in [0.2, 0.25) is 0 Å². The second-order valence-electron chi connectivity index (χ2n) is 9.62. The minimum atomic E-state index is -0.244. The highest BCUT2D eigenvalue weighted by Crippen LogP contribution is 2.70. The zero-order valence-corrected chi connectivity index (χ0v) is 17.8. The molecule has 3 heterocycles. The van der Waals surface area contributed by atoms with Crippen molar-refractivity contribution in [3.05, 3.63) is 42.9 Å². The van der Waals surface area contributed by atoms with Gasteiger partial charge >= 0.3 is 0 Å². The third kappa shape index (κ3) is 3.28. The van der Waals surface area contributed by atoms with Crippen LogP contribution >= 0.6 is 0 Å². The summed E-state index contributed by atoms with van der Waals surface area (Å²) in [7, 11) is 0. The third-order valence-electron chi connectivity index (χ3n) is 7.56. The molecule has 4 fully saturated rings. The number of anilines is 1. The quantitative estimate of drug-likeness (QED) is 0.651. The van der Waals surface area contributed by atoms with E-state index in [1.165, 1.54) is 19.3 Å².